The summed E-state index contributed by atoms with van der Waals surface area (Å²) in [5.41, 5.74) is 0.493. The number of benzene rings is 1. The van der Waals surface area contributed by atoms with Gasteiger partial charge in [-0.1, -0.05) is 6.07 Å². The molecule has 98 valence electrons. The topological polar surface area (TPSA) is 68.3 Å². The fraction of sp³-hybridized carbons (Fsp3) is 0.154. The largest absolute Gasteiger partial charge is 0.468 e. The first-order valence-corrected chi connectivity index (χ1v) is 5.51. The molecule has 6 heteroatoms. The standard InChI is InChI=1S/C13H11FN2O3/c1-19-12(17)7-15-13(18)10-5-3-8-2-4-9(14)6-11(8)16-10/h2-6H,7H2,1H3,(H,15,18). The molecular formula is C13H11FN2O3. The highest BCUT2D eigenvalue weighted by molar-refractivity contribution is 5.96. The number of ether oxygens (including phenoxy) is 1. The molecule has 1 heterocycles. The Kier molecular flexibility index (Phi) is 3.70. The predicted octanol–water partition coefficient (Wildman–Crippen LogP) is 1.28. The van der Waals surface area contributed by atoms with E-state index in [-0.39, 0.29) is 12.2 Å². The number of rotatable bonds is 3. The molecule has 1 aromatic carbocycles. The fourth-order valence-electron chi connectivity index (χ4n) is 1.53. The van der Waals surface area contributed by atoms with Crippen LogP contribution in [0, 0.1) is 5.82 Å². The summed E-state index contributed by atoms with van der Waals surface area (Å²) in [6, 6.07) is 7.31. The first-order chi connectivity index (χ1) is 9.10. The van der Waals surface area contributed by atoms with Crippen molar-refractivity contribution in [2.24, 2.45) is 0 Å². The van der Waals surface area contributed by atoms with Crippen LogP contribution in [0.5, 0.6) is 0 Å². The number of pyridine rings is 1. The van der Waals surface area contributed by atoms with Crippen LogP contribution in [-0.4, -0.2) is 30.5 Å². The van der Waals surface area contributed by atoms with Gasteiger partial charge in [-0.15, -0.1) is 0 Å². The third kappa shape index (κ3) is 3.04. The smallest absolute Gasteiger partial charge is 0.325 e. The molecule has 19 heavy (non-hydrogen) atoms. The molecule has 0 saturated heterocycles. The molecular weight excluding hydrogens is 251 g/mol. The second-order valence-corrected chi connectivity index (χ2v) is 3.79. The average Bonchev–Trinajstić information content (AvgIpc) is 2.43. The minimum absolute atomic E-state index is 0.113. The van der Waals surface area contributed by atoms with Crippen molar-refractivity contribution >= 4 is 22.8 Å². The van der Waals surface area contributed by atoms with Crippen molar-refractivity contribution in [3.8, 4) is 0 Å². The SMILES string of the molecule is COC(=O)CNC(=O)c1ccc2ccc(F)cc2n1. The van der Waals surface area contributed by atoms with Gasteiger partial charge < -0.3 is 10.1 Å². The van der Waals surface area contributed by atoms with Crippen LogP contribution < -0.4 is 5.32 Å². The lowest BCUT2D eigenvalue weighted by Gasteiger charge is -2.04. The number of amides is 1. The minimum atomic E-state index is -0.555. The van der Waals surface area contributed by atoms with Crippen LogP contribution in [0.4, 0.5) is 4.39 Å². The Morgan fingerprint density at radius 3 is 2.79 bits per heavy atom. The van der Waals surface area contributed by atoms with E-state index in [0.717, 1.165) is 5.39 Å². The molecule has 0 bridgehead atoms. The molecule has 0 aliphatic carbocycles. The maximum Gasteiger partial charge on any atom is 0.325 e. The van der Waals surface area contributed by atoms with Gasteiger partial charge in [-0.25, -0.2) is 9.37 Å². The molecule has 0 saturated carbocycles. The Bertz CT molecular complexity index is 643. The van der Waals surface area contributed by atoms with Crippen LogP contribution >= 0.6 is 0 Å². The number of aromatic nitrogens is 1. The normalized spacial score (nSPS) is 10.2. The van der Waals surface area contributed by atoms with E-state index in [1.165, 1.54) is 25.3 Å². The van der Waals surface area contributed by atoms with E-state index >= 15 is 0 Å². The van der Waals surface area contributed by atoms with Gasteiger partial charge in [0, 0.05) is 11.5 Å². The van der Waals surface area contributed by atoms with E-state index in [0.29, 0.717) is 5.52 Å². The Morgan fingerprint density at radius 1 is 1.32 bits per heavy atom. The number of esters is 1. The van der Waals surface area contributed by atoms with Gasteiger partial charge in [0.25, 0.3) is 5.91 Å². The molecule has 0 fully saturated rings. The maximum atomic E-state index is 13.1. The molecule has 0 unspecified atom stereocenters. The van der Waals surface area contributed by atoms with Gasteiger partial charge in [-0.2, -0.15) is 0 Å². The lowest BCUT2D eigenvalue weighted by Crippen LogP contribution is -2.30. The maximum absolute atomic E-state index is 13.1. The second kappa shape index (κ2) is 5.43. The van der Waals surface area contributed by atoms with E-state index in [9.17, 15) is 14.0 Å². The molecule has 1 aromatic heterocycles. The van der Waals surface area contributed by atoms with E-state index in [1.54, 1.807) is 12.1 Å². The summed E-state index contributed by atoms with van der Waals surface area (Å²) in [6.07, 6.45) is 0. The van der Waals surface area contributed by atoms with Gasteiger partial charge in [-0.05, 0) is 18.2 Å². The zero-order valence-electron chi connectivity index (χ0n) is 10.1. The number of nitrogens with zero attached hydrogens (tertiary/aromatic N) is 1. The number of methoxy groups -OCH3 is 1. The van der Waals surface area contributed by atoms with E-state index in [4.69, 9.17) is 0 Å². The van der Waals surface area contributed by atoms with Gasteiger partial charge in [0.2, 0.25) is 0 Å². The number of hydrogen-bond donors (Lipinski definition) is 1. The number of carbonyl (C=O) groups is 2. The van der Waals surface area contributed by atoms with E-state index < -0.39 is 17.7 Å². The Labute approximate surface area is 108 Å². The Balaban J connectivity index is 2.20. The molecule has 5 nitrogen and oxygen atoms in total. The number of hydrogen-bond acceptors (Lipinski definition) is 4. The first kappa shape index (κ1) is 12.9. The van der Waals surface area contributed by atoms with Crippen LogP contribution in [0.2, 0.25) is 0 Å². The first-order valence-electron chi connectivity index (χ1n) is 5.51. The monoisotopic (exact) mass is 262 g/mol. The summed E-state index contributed by atoms with van der Waals surface area (Å²) in [5.74, 6) is -1.50. The third-order valence-corrected chi connectivity index (χ3v) is 2.51. The van der Waals surface area contributed by atoms with Crippen LogP contribution in [0.1, 0.15) is 10.5 Å². The summed E-state index contributed by atoms with van der Waals surface area (Å²) in [7, 11) is 1.23. The van der Waals surface area contributed by atoms with Crippen molar-refractivity contribution in [3.05, 3.63) is 41.8 Å². The van der Waals surface area contributed by atoms with Crippen molar-refractivity contribution in [2.75, 3.05) is 13.7 Å². The van der Waals surface area contributed by atoms with Crippen LogP contribution in [0.25, 0.3) is 10.9 Å². The molecule has 0 aliphatic rings. The fourth-order valence-corrected chi connectivity index (χ4v) is 1.53. The molecule has 0 aliphatic heterocycles. The zero-order valence-corrected chi connectivity index (χ0v) is 10.1. The van der Waals surface area contributed by atoms with Gasteiger partial charge in [0.1, 0.15) is 18.1 Å². The van der Waals surface area contributed by atoms with Crippen molar-refractivity contribution in [2.45, 2.75) is 0 Å². The van der Waals surface area contributed by atoms with Crippen molar-refractivity contribution < 1.29 is 18.7 Å². The lowest BCUT2D eigenvalue weighted by atomic mass is 10.2. The van der Waals surface area contributed by atoms with Crippen LogP contribution in [-0.2, 0) is 9.53 Å². The van der Waals surface area contributed by atoms with Crippen LogP contribution in [0.15, 0.2) is 30.3 Å². The Morgan fingerprint density at radius 2 is 2.05 bits per heavy atom. The van der Waals surface area contributed by atoms with Crippen molar-refractivity contribution in [1.29, 1.82) is 0 Å². The predicted molar refractivity (Wildman–Crippen MR) is 66.1 cm³/mol. The van der Waals surface area contributed by atoms with E-state index in [1.807, 2.05) is 0 Å². The summed E-state index contributed by atoms with van der Waals surface area (Å²) < 4.78 is 17.5. The van der Waals surface area contributed by atoms with Crippen molar-refractivity contribution in [1.82, 2.24) is 10.3 Å². The summed E-state index contributed by atoms with van der Waals surface area (Å²) in [5, 5.41) is 3.09. The van der Waals surface area contributed by atoms with Crippen molar-refractivity contribution in [3.63, 3.8) is 0 Å². The number of nitrogens with one attached hydrogen (secondary N) is 1. The summed E-state index contributed by atoms with van der Waals surface area (Å²) >= 11 is 0. The van der Waals surface area contributed by atoms with Gasteiger partial charge in [0.05, 0.1) is 12.6 Å². The lowest BCUT2D eigenvalue weighted by molar-refractivity contribution is -0.139. The summed E-state index contributed by atoms with van der Waals surface area (Å²) in [6.45, 7) is -0.238. The molecule has 0 radical (unpaired) electrons. The third-order valence-electron chi connectivity index (χ3n) is 2.51. The van der Waals surface area contributed by atoms with Gasteiger partial charge in [-0.3, -0.25) is 9.59 Å². The van der Waals surface area contributed by atoms with Crippen LogP contribution in [0.3, 0.4) is 0 Å². The quantitative estimate of drug-likeness (QED) is 0.846. The zero-order chi connectivity index (χ0) is 13.8. The molecule has 1 amide bonds. The van der Waals surface area contributed by atoms with Gasteiger partial charge in [0.15, 0.2) is 0 Å². The second-order valence-electron chi connectivity index (χ2n) is 3.79. The summed E-state index contributed by atoms with van der Waals surface area (Å²) in [4.78, 5) is 26.7. The molecule has 2 rings (SSSR count). The average molecular weight is 262 g/mol. The molecule has 1 N–H and O–H groups in total. The van der Waals surface area contributed by atoms with E-state index in [2.05, 4.69) is 15.0 Å². The highest BCUT2D eigenvalue weighted by Crippen LogP contribution is 2.13. The highest BCUT2D eigenvalue weighted by atomic mass is 19.1. The number of halogens is 1. The molecule has 0 spiro atoms. The Hall–Kier alpha value is -2.50. The minimum Gasteiger partial charge on any atom is -0.468 e. The van der Waals surface area contributed by atoms with Gasteiger partial charge >= 0.3 is 5.97 Å². The molecule has 0 atom stereocenters. The number of carbonyl (C=O) groups excluding carboxylic acids is 2. The highest BCUT2D eigenvalue weighted by Gasteiger charge is 2.10. The molecule has 2 aromatic rings. The number of fused-ring (bicyclic) bond motifs is 1.